The van der Waals surface area contributed by atoms with Crippen molar-refractivity contribution in [1.29, 1.82) is 0 Å². The van der Waals surface area contributed by atoms with Crippen LogP contribution in [0.5, 0.6) is 0 Å². The van der Waals surface area contributed by atoms with Crippen LogP contribution in [0.2, 0.25) is 0 Å². The molecule has 10 aromatic rings. The fraction of sp³-hybridized carbons (Fsp3) is 0.0385. The van der Waals surface area contributed by atoms with Gasteiger partial charge in [-0.15, -0.1) is 0 Å². The molecule has 0 bridgehead atoms. The standard InChI is InChI=1S/C52H33N3O2/c1-3-13-32(14-4-1)33-15-11-16-34(29-33)44-31-45(35-25-26-39-38-20-8-10-24-47(38)56-48(39)30-35)54-52(53-44)43-22-12-21-41-42-28-27-40-37-19-7-9-23-46(37)55(36-17-5-2-6-18-36)49(40)51(42)57-50(41)43/h1-31,37,46H. The molecule has 57 heavy (non-hydrogen) atoms. The molecule has 0 fully saturated rings. The lowest BCUT2D eigenvalue weighted by Gasteiger charge is -2.28. The maximum absolute atomic E-state index is 7.11. The number of rotatable bonds is 5. The van der Waals surface area contributed by atoms with Gasteiger partial charge in [-0.2, -0.15) is 0 Å². The van der Waals surface area contributed by atoms with Crippen molar-refractivity contribution in [1.82, 2.24) is 9.97 Å². The Bertz CT molecular complexity index is 3270. The summed E-state index contributed by atoms with van der Waals surface area (Å²) < 4.78 is 13.5. The zero-order valence-corrected chi connectivity index (χ0v) is 30.7. The molecule has 0 N–H and O–H groups in total. The van der Waals surface area contributed by atoms with Crippen LogP contribution in [-0.2, 0) is 0 Å². The third-order valence-corrected chi connectivity index (χ3v) is 11.6. The van der Waals surface area contributed by atoms with E-state index in [1.807, 2.05) is 24.3 Å². The molecule has 1 aliphatic carbocycles. The zero-order valence-electron chi connectivity index (χ0n) is 30.7. The first kappa shape index (κ1) is 31.8. The summed E-state index contributed by atoms with van der Waals surface area (Å²) in [5, 5.41) is 4.28. The van der Waals surface area contributed by atoms with Gasteiger partial charge in [-0.25, -0.2) is 9.97 Å². The minimum Gasteiger partial charge on any atom is -0.456 e. The van der Waals surface area contributed by atoms with Crippen LogP contribution in [0, 0.1) is 0 Å². The molecule has 0 radical (unpaired) electrons. The summed E-state index contributed by atoms with van der Waals surface area (Å²) in [5.74, 6) is 0.818. The summed E-state index contributed by atoms with van der Waals surface area (Å²) >= 11 is 0. The fourth-order valence-electron chi connectivity index (χ4n) is 8.96. The van der Waals surface area contributed by atoms with Gasteiger partial charge in [-0.1, -0.05) is 140 Å². The molecule has 4 heterocycles. The summed E-state index contributed by atoms with van der Waals surface area (Å²) in [6.45, 7) is 0. The Balaban J connectivity index is 1.07. The number of para-hydroxylation sites is 3. The highest BCUT2D eigenvalue weighted by molar-refractivity contribution is 6.14. The highest BCUT2D eigenvalue weighted by Gasteiger charge is 2.40. The number of hydrogen-bond acceptors (Lipinski definition) is 5. The molecule has 2 atom stereocenters. The van der Waals surface area contributed by atoms with E-state index >= 15 is 0 Å². The van der Waals surface area contributed by atoms with Crippen molar-refractivity contribution in [3.8, 4) is 45.0 Å². The Morgan fingerprint density at radius 2 is 1.12 bits per heavy atom. The van der Waals surface area contributed by atoms with E-state index in [4.69, 9.17) is 18.8 Å². The number of allylic oxidation sites excluding steroid dienone is 2. The number of nitrogens with zero attached hydrogens (tertiary/aromatic N) is 3. The molecule has 2 unspecified atom stereocenters. The van der Waals surface area contributed by atoms with E-state index in [1.54, 1.807) is 0 Å². The molecule has 0 saturated heterocycles. The SMILES string of the molecule is C1=CC2c3ccc4c(oc5c(-c6nc(-c7cccc(-c8ccccc8)c7)cc(-c7ccc8c(c7)oc7ccccc78)n6)cccc54)c3N(c3ccccc3)C2C=C1. The monoisotopic (exact) mass is 731 g/mol. The number of fused-ring (bicyclic) bond motifs is 10. The van der Waals surface area contributed by atoms with Gasteiger partial charge in [0.05, 0.1) is 28.7 Å². The topological polar surface area (TPSA) is 55.3 Å². The number of benzene rings is 7. The van der Waals surface area contributed by atoms with Crippen molar-refractivity contribution in [3.05, 3.63) is 194 Å². The third-order valence-electron chi connectivity index (χ3n) is 11.6. The normalized spacial score (nSPS) is 15.9. The van der Waals surface area contributed by atoms with E-state index in [0.717, 1.165) is 94.5 Å². The van der Waals surface area contributed by atoms with E-state index in [9.17, 15) is 0 Å². The quantitative estimate of drug-likeness (QED) is 0.176. The average Bonchev–Trinajstić information content (AvgIpc) is 3.96. The average molecular weight is 732 g/mol. The lowest BCUT2D eigenvalue weighted by atomic mass is 9.91. The second-order valence-corrected chi connectivity index (χ2v) is 14.9. The van der Waals surface area contributed by atoms with Crippen molar-refractivity contribution in [2.24, 2.45) is 0 Å². The van der Waals surface area contributed by atoms with Crippen LogP contribution in [0.4, 0.5) is 11.4 Å². The van der Waals surface area contributed by atoms with Gasteiger partial charge >= 0.3 is 0 Å². The van der Waals surface area contributed by atoms with Gasteiger partial charge in [-0.05, 0) is 65.2 Å². The summed E-state index contributed by atoms with van der Waals surface area (Å²) in [5.41, 5.74) is 13.5. The smallest absolute Gasteiger partial charge is 0.164 e. The molecule has 1 aliphatic heterocycles. The van der Waals surface area contributed by atoms with Crippen molar-refractivity contribution < 1.29 is 8.83 Å². The van der Waals surface area contributed by atoms with Gasteiger partial charge in [0.15, 0.2) is 11.4 Å². The summed E-state index contributed by atoms with van der Waals surface area (Å²) in [6.07, 6.45) is 8.92. The van der Waals surface area contributed by atoms with E-state index < -0.39 is 0 Å². The summed E-state index contributed by atoms with van der Waals surface area (Å²) in [6, 6.07) is 57.3. The summed E-state index contributed by atoms with van der Waals surface area (Å²) in [4.78, 5) is 13.1. The molecule has 0 spiro atoms. The van der Waals surface area contributed by atoms with Gasteiger partial charge in [-0.3, -0.25) is 0 Å². The predicted molar refractivity (Wildman–Crippen MR) is 232 cm³/mol. The predicted octanol–water partition coefficient (Wildman–Crippen LogP) is 13.7. The van der Waals surface area contributed by atoms with Gasteiger partial charge in [0, 0.05) is 44.3 Å². The first-order chi connectivity index (χ1) is 28.2. The first-order valence-electron chi connectivity index (χ1n) is 19.4. The summed E-state index contributed by atoms with van der Waals surface area (Å²) in [7, 11) is 0. The Labute approximate surface area is 328 Å². The number of furan rings is 2. The zero-order chi connectivity index (χ0) is 37.5. The van der Waals surface area contributed by atoms with Crippen LogP contribution < -0.4 is 4.90 Å². The molecule has 268 valence electrons. The molecule has 7 aromatic carbocycles. The van der Waals surface area contributed by atoms with Crippen molar-refractivity contribution in [2.45, 2.75) is 12.0 Å². The van der Waals surface area contributed by atoms with E-state index in [0.29, 0.717) is 5.82 Å². The third kappa shape index (κ3) is 5.02. The molecule has 5 nitrogen and oxygen atoms in total. The number of hydrogen-bond donors (Lipinski definition) is 0. The Morgan fingerprint density at radius 3 is 2.00 bits per heavy atom. The van der Waals surface area contributed by atoms with Crippen LogP contribution >= 0.6 is 0 Å². The lowest BCUT2D eigenvalue weighted by molar-refractivity contribution is 0.668. The largest absolute Gasteiger partial charge is 0.456 e. The van der Waals surface area contributed by atoms with Crippen LogP contribution in [0.3, 0.4) is 0 Å². The molecular weight excluding hydrogens is 699 g/mol. The van der Waals surface area contributed by atoms with E-state index in [1.165, 1.54) is 5.56 Å². The molecular formula is C52H33N3O2. The highest BCUT2D eigenvalue weighted by atomic mass is 16.3. The molecule has 2 aliphatic rings. The van der Waals surface area contributed by atoms with E-state index in [-0.39, 0.29) is 12.0 Å². The van der Waals surface area contributed by atoms with Crippen LogP contribution in [0.15, 0.2) is 197 Å². The lowest BCUT2D eigenvalue weighted by Crippen LogP contribution is -2.28. The fourth-order valence-corrected chi connectivity index (χ4v) is 8.96. The van der Waals surface area contributed by atoms with Crippen molar-refractivity contribution >= 4 is 55.3 Å². The molecule has 0 saturated carbocycles. The first-order valence-corrected chi connectivity index (χ1v) is 19.4. The maximum Gasteiger partial charge on any atom is 0.164 e. The van der Waals surface area contributed by atoms with Gasteiger partial charge in [0.25, 0.3) is 0 Å². The second-order valence-electron chi connectivity index (χ2n) is 14.9. The Kier molecular flexibility index (Phi) is 6.99. The number of aromatic nitrogens is 2. The maximum atomic E-state index is 7.11. The van der Waals surface area contributed by atoms with Crippen LogP contribution in [-0.4, -0.2) is 16.0 Å². The van der Waals surface area contributed by atoms with E-state index in [2.05, 4.69) is 169 Å². The minimum absolute atomic E-state index is 0.156. The van der Waals surface area contributed by atoms with Crippen molar-refractivity contribution in [3.63, 3.8) is 0 Å². The minimum atomic E-state index is 0.156. The van der Waals surface area contributed by atoms with Gasteiger partial charge < -0.3 is 13.7 Å². The van der Waals surface area contributed by atoms with Crippen LogP contribution in [0.1, 0.15) is 11.5 Å². The van der Waals surface area contributed by atoms with Gasteiger partial charge in [0.1, 0.15) is 16.7 Å². The Morgan fingerprint density at radius 1 is 0.456 bits per heavy atom. The van der Waals surface area contributed by atoms with Crippen molar-refractivity contribution in [2.75, 3.05) is 4.90 Å². The number of anilines is 2. The molecule has 3 aromatic heterocycles. The molecule has 0 amide bonds. The molecule has 12 rings (SSSR count). The highest BCUT2D eigenvalue weighted by Crippen LogP contribution is 2.52. The Hall–Kier alpha value is -7.50. The second kappa shape index (κ2) is 12.5. The van der Waals surface area contributed by atoms with Gasteiger partial charge in [0.2, 0.25) is 0 Å². The molecule has 5 heteroatoms. The van der Waals surface area contributed by atoms with Crippen LogP contribution in [0.25, 0.3) is 88.9 Å².